The van der Waals surface area contributed by atoms with Crippen molar-refractivity contribution in [2.24, 2.45) is 7.05 Å². The Balaban J connectivity index is 0.914. The monoisotopic (exact) mass is 1040 g/mol. The first kappa shape index (κ1) is 47.4. The Labute approximate surface area is 469 Å². The Morgan fingerprint density at radius 3 is 1.41 bits per heavy atom. The molecular weight excluding hydrogens is 987 g/mol. The van der Waals surface area contributed by atoms with Gasteiger partial charge in [-0.05, 0) is 152 Å². The van der Waals surface area contributed by atoms with Crippen LogP contribution >= 0.6 is 0 Å². The van der Waals surface area contributed by atoms with Crippen molar-refractivity contribution in [3.63, 3.8) is 0 Å². The van der Waals surface area contributed by atoms with Gasteiger partial charge in [-0.15, -0.1) is 0 Å². The van der Waals surface area contributed by atoms with E-state index in [2.05, 4.69) is 311 Å². The average molecular weight is 1040 g/mol. The minimum Gasteiger partial charge on any atom is -0.458 e. The summed E-state index contributed by atoms with van der Waals surface area (Å²) in [7, 11) is 2.08. The molecule has 0 amide bonds. The molecule has 15 rings (SSSR count). The summed E-state index contributed by atoms with van der Waals surface area (Å²) in [6.07, 6.45) is 3.97. The zero-order valence-corrected chi connectivity index (χ0v) is 44.4. The molecule has 0 N–H and O–H groups in total. The minimum atomic E-state index is 0.702. The smallest absolute Gasteiger partial charge is 0.269 e. The number of fused-ring (bicyclic) bond motifs is 5. The quantitative estimate of drug-likeness (QED) is 0.0957. The van der Waals surface area contributed by atoms with Crippen molar-refractivity contribution < 1.29 is 9.30 Å². The van der Waals surface area contributed by atoms with Gasteiger partial charge in [0.2, 0.25) is 5.95 Å². The fraction of sp³-hybridized carbons (Fsp3) is 0.0133. The van der Waals surface area contributed by atoms with E-state index in [0.717, 1.165) is 134 Å². The van der Waals surface area contributed by atoms with E-state index in [0.29, 0.717) is 5.75 Å². The number of imidazole rings is 2. The molecule has 0 saturated heterocycles. The summed E-state index contributed by atoms with van der Waals surface area (Å²) in [5, 5.41) is 2.28. The highest BCUT2D eigenvalue weighted by atomic mass is 16.5. The van der Waals surface area contributed by atoms with Gasteiger partial charge in [-0.25, -0.2) is 4.98 Å². The van der Waals surface area contributed by atoms with E-state index in [1.54, 1.807) is 0 Å². The third-order valence-electron chi connectivity index (χ3n) is 15.7. The van der Waals surface area contributed by atoms with Gasteiger partial charge < -0.3 is 9.30 Å². The van der Waals surface area contributed by atoms with Gasteiger partial charge in [0, 0.05) is 23.9 Å². The van der Waals surface area contributed by atoms with E-state index in [4.69, 9.17) is 9.72 Å². The van der Waals surface area contributed by atoms with Gasteiger partial charge in [0.15, 0.2) is 0 Å². The number of aromatic nitrogens is 5. The third-order valence-corrected chi connectivity index (χ3v) is 15.7. The van der Waals surface area contributed by atoms with E-state index in [1.807, 2.05) is 12.1 Å². The van der Waals surface area contributed by atoms with Crippen LogP contribution in [0.25, 0.3) is 128 Å². The van der Waals surface area contributed by atoms with Crippen molar-refractivity contribution in [3.05, 3.63) is 298 Å². The van der Waals surface area contributed by atoms with Crippen LogP contribution in [0.15, 0.2) is 291 Å². The highest BCUT2D eigenvalue weighted by Gasteiger charge is 2.23. The van der Waals surface area contributed by atoms with Crippen LogP contribution in [0.1, 0.15) is 0 Å². The van der Waals surface area contributed by atoms with Gasteiger partial charge in [-0.1, -0.05) is 200 Å². The SMILES string of the molecule is Cn1c(-n2c3ccccc3c3ccc(Oc4cccc(-n5[c-][n+](-c6c(-c7cc(-c8ccccc8)cc(-c8ccccc8)c7)cccc6-c6cc(-c7ccccc7)cc(-c7ccccc7)c6)c6ccccc65)c4)cc32)nc2ccccc21. The lowest BCUT2D eigenvalue weighted by Gasteiger charge is -2.20. The lowest BCUT2D eigenvalue weighted by molar-refractivity contribution is -0.571. The van der Waals surface area contributed by atoms with Crippen LogP contribution < -0.4 is 9.30 Å². The summed E-state index contributed by atoms with van der Waals surface area (Å²) < 4.78 is 15.8. The normalized spacial score (nSPS) is 11.5. The first-order valence-electron chi connectivity index (χ1n) is 27.4. The molecule has 0 aliphatic rings. The topological polar surface area (TPSA) is 40.8 Å². The Morgan fingerprint density at radius 1 is 0.358 bits per heavy atom. The molecule has 0 bridgehead atoms. The summed E-state index contributed by atoms with van der Waals surface area (Å²) in [4.78, 5) is 5.15. The Kier molecular flexibility index (Phi) is 11.6. The van der Waals surface area contributed by atoms with Gasteiger partial charge in [0.25, 0.3) is 6.33 Å². The van der Waals surface area contributed by atoms with Crippen LogP contribution in [0.5, 0.6) is 11.5 Å². The summed E-state index contributed by atoms with van der Waals surface area (Å²) in [5.74, 6) is 2.27. The lowest BCUT2D eigenvalue weighted by atomic mass is 9.89. The molecule has 0 unspecified atom stereocenters. The van der Waals surface area contributed by atoms with Crippen molar-refractivity contribution in [2.45, 2.75) is 0 Å². The summed E-state index contributed by atoms with van der Waals surface area (Å²) >= 11 is 0. The maximum Gasteiger partial charge on any atom is 0.269 e. The maximum absolute atomic E-state index is 6.90. The van der Waals surface area contributed by atoms with Crippen molar-refractivity contribution in [2.75, 3.05) is 0 Å². The van der Waals surface area contributed by atoms with E-state index < -0.39 is 0 Å². The van der Waals surface area contributed by atoms with Crippen molar-refractivity contribution in [1.29, 1.82) is 0 Å². The van der Waals surface area contributed by atoms with Crippen molar-refractivity contribution >= 4 is 43.9 Å². The second-order valence-corrected chi connectivity index (χ2v) is 20.6. The summed E-state index contributed by atoms with van der Waals surface area (Å²) in [6.45, 7) is 0. The van der Waals surface area contributed by atoms with E-state index in [1.165, 1.54) is 0 Å². The highest BCUT2D eigenvalue weighted by molar-refractivity contribution is 6.09. The molecular formula is C75H51N5O. The molecule has 0 aliphatic carbocycles. The van der Waals surface area contributed by atoms with Gasteiger partial charge in [-0.3, -0.25) is 13.7 Å². The van der Waals surface area contributed by atoms with E-state index in [-0.39, 0.29) is 0 Å². The number of hydrogen-bond acceptors (Lipinski definition) is 2. The number of nitrogens with zero attached hydrogens (tertiary/aromatic N) is 5. The molecule has 0 fully saturated rings. The number of ether oxygens (including phenoxy) is 1. The molecule has 6 nitrogen and oxygen atoms in total. The number of aryl methyl sites for hydroxylation is 1. The maximum atomic E-state index is 6.90. The molecule has 0 radical (unpaired) electrons. The fourth-order valence-electron chi connectivity index (χ4n) is 11.8. The lowest BCUT2D eigenvalue weighted by Crippen LogP contribution is -2.31. The van der Waals surface area contributed by atoms with Gasteiger partial charge in [0.1, 0.15) is 11.5 Å². The van der Waals surface area contributed by atoms with Crippen LogP contribution in [0.4, 0.5) is 0 Å². The van der Waals surface area contributed by atoms with Crippen LogP contribution in [0.3, 0.4) is 0 Å². The van der Waals surface area contributed by atoms with E-state index in [9.17, 15) is 0 Å². The third kappa shape index (κ3) is 8.54. The molecule has 0 atom stereocenters. The molecule has 0 saturated carbocycles. The second-order valence-electron chi connectivity index (χ2n) is 20.6. The molecule has 12 aromatic carbocycles. The molecule has 382 valence electrons. The average Bonchev–Trinajstić information content (AvgIpc) is 4.27. The first-order valence-corrected chi connectivity index (χ1v) is 27.4. The molecule has 3 aromatic heterocycles. The Hall–Kier alpha value is -10.8. The Morgan fingerprint density at radius 2 is 0.827 bits per heavy atom. The minimum absolute atomic E-state index is 0.702. The van der Waals surface area contributed by atoms with Gasteiger partial charge in [0.05, 0.1) is 44.5 Å². The number of benzene rings is 12. The molecule has 15 aromatic rings. The first-order chi connectivity index (χ1) is 40.1. The second kappa shape index (κ2) is 19.9. The fourth-order valence-corrected chi connectivity index (χ4v) is 11.8. The van der Waals surface area contributed by atoms with Crippen molar-refractivity contribution in [3.8, 4) is 95.6 Å². The Bertz CT molecular complexity index is 4580. The molecule has 3 heterocycles. The molecule has 81 heavy (non-hydrogen) atoms. The zero-order valence-electron chi connectivity index (χ0n) is 44.4. The van der Waals surface area contributed by atoms with Crippen LogP contribution in [-0.2, 0) is 7.05 Å². The summed E-state index contributed by atoms with van der Waals surface area (Å²) in [6, 6.07) is 104. The summed E-state index contributed by atoms with van der Waals surface area (Å²) in [5.41, 5.74) is 21.5. The van der Waals surface area contributed by atoms with Crippen molar-refractivity contribution in [1.82, 2.24) is 18.7 Å². The van der Waals surface area contributed by atoms with Crippen LogP contribution in [-0.4, -0.2) is 18.7 Å². The van der Waals surface area contributed by atoms with Gasteiger partial charge >= 0.3 is 0 Å². The number of hydrogen-bond donors (Lipinski definition) is 0. The van der Waals surface area contributed by atoms with Crippen LogP contribution in [0, 0.1) is 6.33 Å². The molecule has 6 heteroatoms. The predicted molar refractivity (Wildman–Crippen MR) is 331 cm³/mol. The zero-order chi connectivity index (χ0) is 53.8. The number of para-hydroxylation sites is 6. The highest BCUT2D eigenvalue weighted by Crippen LogP contribution is 2.42. The van der Waals surface area contributed by atoms with Gasteiger partial charge in [-0.2, -0.15) is 0 Å². The predicted octanol–water partition coefficient (Wildman–Crippen LogP) is 18.5. The molecule has 0 aliphatic heterocycles. The van der Waals surface area contributed by atoms with E-state index >= 15 is 0 Å². The molecule has 0 spiro atoms. The van der Waals surface area contributed by atoms with Crippen LogP contribution in [0.2, 0.25) is 0 Å². The largest absolute Gasteiger partial charge is 0.458 e. The standard InChI is InChI=1S/C75H51N5O/c1-77-70-37-17-15-35-68(70)76-75(77)80-69-36-16-14-32-66(69)67-41-40-63(49-73(67)80)81-62-31-20-30-61(48-62)78-50-79(72-39-19-18-38-71(72)78)74-64(59-44-55(51-22-6-2-7-23-51)42-56(45-59)52-24-8-3-9-25-52)33-21-34-65(74)60-46-57(53-26-10-4-11-27-53)43-58(47-60)54-28-12-5-13-29-54/h2-49H,1H3. The number of rotatable bonds is 11.